The monoisotopic (exact) mass is 334 g/mol. The molecule has 0 aromatic heterocycles. The quantitative estimate of drug-likeness (QED) is 0.858. The number of ketones is 1. The summed E-state index contributed by atoms with van der Waals surface area (Å²) in [7, 11) is -3.49. The minimum Gasteiger partial charge on any atom is -0.457 e. The number of fused-ring (bicyclic) bond motifs is 1. The molecule has 0 atom stereocenters. The van der Waals surface area contributed by atoms with E-state index in [0.29, 0.717) is 23.5 Å². The molecule has 2 aromatic carbocycles. The van der Waals surface area contributed by atoms with Gasteiger partial charge in [0.15, 0.2) is 15.6 Å². The summed E-state index contributed by atoms with van der Waals surface area (Å²) in [4.78, 5) is 12.2. The fraction of sp³-hybridized carbons (Fsp3) is 0.235. The predicted molar refractivity (Wildman–Crippen MR) is 83.3 cm³/mol. The zero-order valence-electron chi connectivity index (χ0n) is 12.5. The lowest BCUT2D eigenvalue weighted by molar-refractivity contribution is 0.0991. The van der Waals surface area contributed by atoms with Crippen molar-refractivity contribution < 1.29 is 22.3 Å². The second kappa shape index (κ2) is 5.77. The molecule has 2 aromatic rings. The van der Waals surface area contributed by atoms with Crippen LogP contribution in [0.4, 0.5) is 4.39 Å². The van der Waals surface area contributed by atoms with Crippen LogP contribution in [0.25, 0.3) is 0 Å². The summed E-state index contributed by atoms with van der Waals surface area (Å²) in [5, 5.41) is 0. The molecule has 120 valence electrons. The maximum Gasteiger partial charge on any atom is 0.178 e. The van der Waals surface area contributed by atoms with Crippen LogP contribution in [-0.4, -0.2) is 20.0 Å². The number of hydrogen-bond donors (Lipinski definition) is 0. The van der Waals surface area contributed by atoms with Crippen molar-refractivity contribution in [3.05, 3.63) is 53.3 Å². The van der Waals surface area contributed by atoms with Crippen LogP contribution in [0.5, 0.6) is 11.5 Å². The van der Waals surface area contributed by atoms with E-state index in [2.05, 4.69) is 0 Å². The van der Waals surface area contributed by atoms with Crippen molar-refractivity contribution in [1.29, 1.82) is 0 Å². The zero-order valence-corrected chi connectivity index (χ0v) is 13.3. The third kappa shape index (κ3) is 2.86. The van der Waals surface area contributed by atoms with E-state index in [-0.39, 0.29) is 28.4 Å². The first-order valence-electron chi connectivity index (χ1n) is 7.27. The average Bonchev–Trinajstić information content (AvgIpc) is 2.90. The summed E-state index contributed by atoms with van der Waals surface area (Å²) in [6, 6.07) is 8.59. The standard InChI is InChI=1S/C17H15FO4S/c1-2-23(20,21)16-9-8-15(13-6-7-14(19)17(13)16)22-12-5-3-4-11(18)10-12/h3-5,8-10H,2,6-7H2,1H3. The minimum atomic E-state index is -3.49. The summed E-state index contributed by atoms with van der Waals surface area (Å²) >= 11 is 0. The number of carbonyl (C=O) groups is 1. The fourth-order valence-electron chi connectivity index (χ4n) is 2.69. The van der Waals surface area contributed by atoms with Gasteiger partial charge in [-0.3, -0.25) is 4.79 Å². The van der Waals surface area contributed by atoms with Crippen LogP contribution >= 0.6 is 0 Å². The third-order valence-corrected chi connectivity index (χ3v) is 5.62. The van der Waals surface area contributed by atoms with Crippen molar-refractivity contribution in [2.45, 2.75) is 24.7 Å². The van der Waals surface area contributed by atoms with Gasteiger partial charge in [0.05, 0.1) is 10.6 Å². The number of benzene rings is 2. The molecule has 6 heteroatoms. The molecule has 0 aliphatic heterocycles. The van der Waals surface area contributed by atoms with E-state index in [1.54, 1.807) is 6.07 Å². The van der Waals surface area contributed by atoms with Gasteiger partial charge in [0.1, 0.15) is 17.3 Å². The summed E-state index contributed by atoms with van der Waals surface area (Å²) in [6.07, 6.45) is 0.678. The number of ether oxygens (including phenoxy) is 1. The van der Waals surface area contributed by atoms with Gasteiger partial charge in [-0.2, -0.15) is 0 Å². The van der Waals surface area contributed by atoms with Crippen molar-refractivity contribution in [1.82, 2.24) is 0 Å². The number of sulfone groups is 1. The molecule has 0 spiro atoms. The highest BCUT2D eigenvalue weighted by Crippen LogP contribution is 2.37. The molecule has 0 radical (unpaired) electrons. The van der Waals surface area contributed by atoms with Gasteiger partial charge in [-0.15, -0.1) is 0 Å². The molecule has 0 saturated carbocycles. The second-order valence-corrected chi connectivity index (χ2v) is 7.55. The van der Waals surface area contributed by atoms with Crippen molar-refractivity contribution in [2.24, 2.45) is 0 Å². The number of carbonyl (C=O) groups excluding carboxylic acids is 1. The predicted octanol–water partition coefficient (Wildman–Crippen LogP) is 3.54. The smallest absolute Gasteiger partial charge is 0.178 e. The molecular weight excluding hydrogens is 319 g/mol. The van der Waals surface area contributed by atoms with Crippen molar-refractivity contribution in [3.8, 4) is 11.5 Å². The van der Waals surface area contributed by atoms with Crippen LogP contribution in [0.15, 0.2) is 41.3 Å². The van der Waals surface area contributed by atoms with Gasteiger partial charge < -0.3 is 4.74 Å². The molecule has 0 N–H and O–H groups in total. The van der Waals surface area contributed by atoms with Gasteiger partial charge >= 0.3 is 0 Å². The Balaban J connectivity index is 2.10. The van der Waals surface area contributed by atoms with Gasteiger partial charge in [0.25, 0.3) is 0 Å². The highest BCUT2D eigenvalue weighted by molar-refractivity contribution is 7.91. The van der Waals surface area contributed by atoms with E-state index in [1.165, 1.54) is 37.3 Å². The Hall–Kier alpha value is -2.21. The lowest BCUT2D eigenvalue weighted by atomic mass is 10.1. The van der Waals surface area contributed by atoms with Crippen LogP contribution in [0.3, 0.4) is 0 Å². The molecule has 3 rings (SSSR count). The molecule has 1 aliphatic carbocycles. The molecule has 4 nitrogen and oxygen atoms in total. The third-order valence-electron chi connectivity index (χ3n) is 3.85. The van der Waals surface area contributed by atoms with E-state index in [4.69, 9.17) is 4.74 Å². The Labute approximate surface area is 133 Å². The first-order chi connectivity index (χ1) is 10.9. The molecular formula is C17H15FO4S. The Morgan fingerprint density at radius 2 is 1.96 bits per heavy atom. The highest BCUT2D eigenvalue weighted by Gasteiger charge is 2.31. The number of halogens is 1. The number of Topliss-reactive ketones (excluding diaryl/α,β-unsaturated/α-hetero) is 1. The van der Waals surface area contributed by atoms with Gasteiger partial charge in [-0.1, -0.05) is 13.0 Å². The molecule has 1 aliphatic rings. The van der Waals surface area contributed by atoms with E-state index in [9.17, 15) is 17.6 Å². The van der Waals surface area contributed by atoms with Gasteiger partial charge in [-0.05, 0) is 30.7 Å². The van der Waals surface area contributed by atoms with E-state index in [0.717, 1.165) is 0 Å². The van der Waals surface area contributed by atoms with Crippen LogP contribution in [0, 0.1) is 5.82 Å². The van der Waals surface area contributed by atoms with E-state index >= 15 is 0 Å². The Bertz CT molecular complexity index is 887. The summed E-state index contributed by atoms with van der Waals surface area (Å²) in [5.41, 5.74) is 0.800. The maximum atomic E-state index is 13.3. The van der Waals surface area contributed by atoms with Gasteiger partial charge in [0.2, 0.25) is 0 Å². The summed E-state index contributed by atoms with van der Waals surface area (Å²) < 4.78 is 43.3. The van der Waals surface area contributed by atoms with Crippen molar-refractivity contribution >= 4 is 15.6 Å². The Kier molecular flexibility index (Phi) is 3.93. The molecule has 0 unspecified atom stereocenters. The molecule has 0 amide bonds. The second-order valence-electron chi connectivity index (χ2n) is 5.30. The maximum absolute atomic E-state index is 13.3. The Morgan fingerprint density at radius 1 is 1.17 bits per heavy atom. The molecule has 0 heterocycles. The van der Waals surface area contributed by atoms with Crippen LogP contribution < -0.4 is 4.74 Å². The lowest BCUT2D eigenvalue weighted by Crippen LogP contribution is -2.10. The number of rotatable bonds is 4. The average molecular weight is 334 g/mol. The SMILES string of the molecule is CCS(=O)(=O)c1ccc(Oc2cccc(F)c2)c2c1C(=O)CC2. The van der Waals surface area contributed by atoms with Crippen molar-refractivity contribution in [2.75, 3.05) is 5.75 Å². The first-order valence-corrected chi connectivity index (χ1v) is 8.93. The molecule has 23 heavy (non-hydrogen) atoms. The lowest BCUT2D eigenvalue weighted by Gasteiger charge is -2.13. The highest BCUT2D eigenvalue weighted by atomic mass is 32.2. The zero-order chi connectivity index (χ0) is 16.6. The molecule has 0 fully saturated rings. The minimum absolute atomic E-state index is 0.0593. The fourth-order valence-corrected chi connectivity index (χ4v) is 3.83. The topological polar surface area (TPSA) is 60.4 Å². The largest absolute Gasteiger partial charge is 0.457 e. The van der Waals surface area contributed by atoms with Gasteiger partial charge in [0, 0.05) is 23.6 Å². The number of hydrogen-bond acceptors (Lipinski definition) is 4. The van der Waals surface area contributed by atoms with Crippen LogP contribution in [-0.2, 0) is 16.3 Å². The van der Waals surface area contributed by atoms with Crippen LogP contribution in [0.1, 0.15) is 29.3 Å². The molecule has 0 saturated heterocycles. The van der Waals surface area contributed by atoms with Crippen molar-refractivity contribution in [3.63, 3.8) is 0 Å². The summed E-state index contributed by atoms with van der Waals surface area (Å²) in [6.45, 7) is 1.54. The Morgan fingerprint density at radius 3 is 2.65 bits per heavy atom. The normalized spacial score (nSPS) is 13.9. The summed E-state index contributed by atoms with van der Waals surface area (Å²) in [5.74, 6) is -0.00198. The van der Waals surface area contributed by atoms with E-state index in [1.807, 2.05) is 0 Å². The first kappa shape index (κ1) is 15.7. The van der Waals surface area contributed by atoms with Gasteiger partial charge in [-0.25, -0.2) is 12.8 Å². The van der Waals surface area contributed by atoms with Crippen LogP contribution in [0.2, 0.25) is 0 Å². The molecule has 0 bridgehead atoms. The van der Waals surface area contributed by atoms with E-state index < -0.39 is 15.7 Å².